The van der Waals surface area contributed by atoms with Crippen LogP contribution in [-0.4, -0.2) is 18.6 Å². The molecule has 0 fully saturated rings. The SMILES string of the molecule is COc1ccc2ncc3c(c2c1)CC(CCCN)CC3. The summed E-state index contributed by atoms with van der Waals surface area (Å²) in [6.45, 7) is 0.800. The number of aromatic nitrogens is 1. The van der Waals surface area contributed by atoms with Crippen LogP contribution in [-0.2, 0) is 12.8 Å². The number of hydrogen-bond acceptors (Lipinski definition) is 3. The van der Waals surface area contributed by atoms with Crippen LogP contribution in [0.25, 0.3) is 10.9 Å². The molecule has 0 amide bonds. The highest BCUT2D eigenvalue weighted by Gasteiger charge is 2.20. The maximum absolute atomic E-state index is 5.64. The van der Waals surface area contributed by atoms with Crippen molar-refractivity contribution in [3.63, 3.8) is 0 Å². The van der Waals surface area contributed by atoms with Crippen LogP contribution in [0.15, 0.2) is 24.4 Å². The summed E-state index contributed by atoms with van der Waals surface area (Å²) in [6.07, 6.45) is 8.00. The number of pyridine rings is 1. The van der Waals surface area contributed by atoms with Gasteiger partial charge < -0.3 is 10.5 Å². The summed E-state index contributed by atoms with van der Waals surface area (Å²) in [5.74, 6) is 1.68. The number of ether oxygens (including phenoxy) is 1. The topological polar surface area (TPSA) is 48.1 Å². The van der Waals surface area contributed by atoms with Crippen molar-refractivity contribution >= 4 is 10.9 Å². The van der Waals surface area contributed by atoms with Gasteiger partial charge in [-0.05, 0) is 73.9 Å². The number of nitrogens with two attached hydrogens (primary N) is 1. The van der Waals surface area contributed by atoms with Crippen molar-refractivity contribution in [2.24, 2.45) is 11.7 Å². The summed E-state index contributed by atoms with van der Waals surface area (Å²) < 4.78 is 5.36. The second-order valence-electron chi connectivity index (χ2n) is 5.68. The number of aryl methyl sites for hydroxylation is 1. The fourth-order valence-electron chi connectivity index (χ4n) is 3.25. The molecule has 0 bridgehead atoms. The van der Waals surface area contributed by atoms with Crippen LogP contribution < -0.4 is 10.5 Å². The van der Waals surface area contributed by atoms with Gasteiger partial charge in [0.05, 0.1) is 12.6 Å². The maximum Gasteiger partial charge on any atom is 0.119 e. The van der Waals surface area contributed by atoms with E-state index in [1.807, 2.05) is 6.07 Å². The highest BCUT2D eigenvalue weighted by atomic mass is 16.5. The van der Waals surface area contributed by atoms with E-state index in [-0.39, 0.29) is 0 Å². The fraction of sp³-hybridized carbons (Fsp3) is 0.471. The zero-order valence-corrected chi connectivity index (χ0v) is 12.1. The Morgan fingerprint density at radius 3 is 3.10 bits per heavy atom. The molecule has 3 rings (SSSR count). The van der Waals surface area contributed by atoms with E-state index in [0.717, 1.165) is 43.0 Å². The van der Waals surface area contributed by atoms with Gasteiger partial charge >= 0.3 is 0 Å². The minimum atomic E-state index is 0.767. The van der Waals surface area contributed by atoms with Crippen molar-refractivity contribution < 1.29 is 4.74 Å². The lowest BCUT2D eigenvalue weighted by molar-refractivity contribution is 0.413. The third kappa shape index (κ3) is 2.50. The summed E-state index contributed by atoms with van der Waals surface area (Å²) in [5, 5.41) is 1.26. The van der Waals surface area contributed by atoms with Gasteiger partial charge in [0.15, 0.2) is 0 Å². The Hall–Kier alpha value is -1.61. The number of rotatable bonds is 4. The molecule has 0 saturated carbocycles. The molecule has 1 aliphatic carbocycles. The van der Waals surface area contributed by atoms with Crippen LogP contribution in [0, 0.1) is 5.92 Å². The zero-order valence-electron chi connectivity index (χ0n) is 12.1. The Kier molecular flexibility index (Phi) is 3.88. The molecule has 2 N–H and O–H groups in total. The number of methoxy groups -OCH3 is 1. The normalized spacial score (nSPS) is 18.0. The number of benzene rings is 1. The van der Waals surface area contributed by atoms with Crippen molar-refractivity contribution in [2.45, 2.75) is 32.1 Å². The molecular weight excluding hydrogens is 248 g/mol. The molecule has 1 aliphatic rings. The Labute approximate surface area is 120 Å². The minimum Gasteiger partial charge on any atom is -0.497 e. The van der Waals surface area contributed by atoms with Gasteiger partial charge in [-0.3, -0.25) is 4.98 Å². The van der Waals surface area contributed by atoms with Crippen LogP contribution >= 0.6 is 0 Å². The van der Waals surface area contributed by atoms with Gasteiger partial charge in [0, 0.05) is 11.6 Å². The molecule has 1 heterocycles. The Balaban J connectivity index is 1.98. The summed E-state index contributed by atoms with van der Waals surface area (Å²) in [4.78, 5) is 4.58. The van der Waals surface area contributed by atoms with E-state index in [0.29, 0.717) is 0 Å². The monoisotopic (exact) mass is 270 g/mol. The summed E-state index contributed by atoms with van der Waals surface area (Å²) in [5.41, 5.74) is 9.60. The smallest absolute Gasteiger partial charge is 0.119 e. The van der Waals surface area contributed by atoms with Crippen LogP contribution in [0.1, 0.15) is 30.4 Å². The van der Waals surface area contributed by atoms with Crippen LogP contribution in [0.2, 0.25) is 0 Å². The van der Waals surface area contributed by atoms with Gasteiger partial charge in [-0.15, -0.1) is 0 Å². The lowest BCUT2D eigenvalue weighted by Gasteiger charge is -2.25. The molecule has 0 aliphatic heterocycles. The number of nitrogens with zero attached hydrogens (tertiary/aromatic N) is 1. The second-order valence-corrected chi connectivity index (χ2v) is 5.68. The second kappa shape index (κ2) is 5.80. The molecule has 2 aromatic rings. The standard InChI is InChI=1S/C17H22N2O/c1-20-14-6-7-17-16(10-14)15-9-12(3-2-8-18)4-5-13(15)11-19-17/h6-7,10-12H,2-5,8-9,18H2,1H3. The van der Waals surface area contributed by atoms with Crippen molar-refractivity contribution in [2.75, 3.05) is 13.7 Å². The predicted octanol–water partition coefficient (Wildman–Crippen LogP) is 3.09. The van der Waals surface area contributed by atoms with Crippen LogP contribution in [0.3, 0.4) is 0 Å². The van der Waals surface area contributed by atoms with Crippen LogP contribution in [0.5, 0.6) is 5.75 Å². The largest absolute Gasteiger partial charge is 0.497 e. The molecule has 0 radical (unpaired) electrons. The molecular formula is C17H22N2O. The lowest BCUT2D eigenvalue weighted by Crippen LogP contribution is -2.16. The first-order chi connectivity index (χ1) is 9.81. The first-order valence-electron chi connectivity index (χ1n) is 7.46. The lowest BCUT2D eigenvalue weighted by atomic mass is 9.81. The van der Waals surface area contributed by atoms with Crippen molar-refractivity contribution in [3.8, 4) is 5.75 Å². The quantitative estimate of drug-likeness (QED) is 0.928. The molecule has 3 nitrogen and oxygen atoms in total. The van der Waals surface area contributed by atoms with Gasteiger partial charge in [-0.2, -0.15) is 0 Å². The Morgan fingerprint density at radius 1 is 1.40 bits per heavy atom. The third-order valence-corrected chi connectivity index (χ3v) is 4.41. The van der Waals surface area contributed by atoms with E-state index >= 15 is 0 Å². The highest BCUT2D eigenvalue weighted by Crippen LogP contribution is 2.33. The molecule has 1 atom stereocenters. The average Bonchev–Trinajstić information content (AvgIpc) is 2.52. The van der Waals surface area contributed by atoms with Crippen molar-refractivity contribution in [1.29, 1.82) is 0 Å². The summed E-state index contributed by atoms with van der Waals surface area (Å²) in [7, 11) is 1.72. The molecule has 0 spiro atoms. The van der Waals surface area contributed by atoms with E-state index in [9.17, 15) is 0 Å². The van der Waals surface area contributed by atoms with Gasteiger partial charge in [0.2, 0.25) is 0 Å². The van der Waals surface area contributed by atoms with E-state index in [2.05, 4.69) is 23.3 Å². The number of fused-ring (bicyclic) bond motifs is 3. The molecule has 1 unspecified atom stereocenters. The predicted molar refractivity (Wildman–Crippen MR) is 82.1 cm³/mol. The van der Waals surface area contributed by atoms with Gasteiger partial charge in [-0.25, -0.2) is 0 Å². The van der Waals surface area contributed by atoms with Crippen molar-refractivity contribution in [1.82, 2.24) is 4.98 Å². The zero-order chi connectivity index (χ0) is 13.9. The van der Waals surface area contributed by atoms with Gasteiger partial charge in [0.25, 0.3) is 0 Å². The van der Waals surface area contributed by atoms with Gasteiger partial charge in [0.1, 0.15) is 5.75 Å². The number of hydrogen-bond donors (Lipinski definition) is 1. The molecule has 0 saturated heterocycles. The fourth-order valence-corrected chi connectivity index (χ4v) is 3.25. The maximum atomic E-state index is 5.64. The Bertz CT molecular complexity index is 604. The van der Waals surface area contributed by atoms with E-state index in [4.69, 9.17) is 10.5 Å². The van der Waals surface area contributed by atoms with E-state index in [1.54, 1.807) is 7.11 Å². The minimum absolute atomic E-state index is 0.767. The third-order valence-electron chi connectivity index (χ3n) is 4.41. The molecule has 1 aromatic carbocycles. The van der Waals surface area contributed by atoms with E-state index in [1.165, 1.54) is 29.4 Å². The molecule has 3 heteroatoms. The summed E-state index contributed by atoms with van der Waals surface area (Å²) in [6, 6.07) is 6.17. The first kappa shape index (κ1) is 13.4. The molecule has 1 aromatic heterocycles. The highest BCUT2D eigenvalue weighted by molar-refractivity contribution is 5.84. The Morgan fingerprint density at radius 2 is 2.30 bits per heavy atom. The van der Waals surface area contributed by atoms with E-state index < -0.39 is 0 Å². The average molecular weight is 270 g/mol. The summed E-state index contributed by atoms with van der Waals surface area (Å²) >= 11 is 0. The molecule has 106 valence electrons. The van der Waals surface area contributed by atoms with Crippen LogP contribution in [0.4, 0.5) is 0 Å². The molecule has 20 heavy (non-hydrogen) atoms. The van der Waals surface area contributed by atoms with Gasteiger partial charge in [-0.1, -0.05) is 0 Å². The van der Waals surface area contributed by atoms with Crippen molar-refractivity contribution in [3.05, 3.63) is 35.5 Å². The first-order valence-corrected chi connectivity index (χ1v) is 7.46.